The summed E-state index contributed by atoms with van der Waals surface area (Å²) < 4.78 is 0. The zero-order chi connectivity index (χ0) is 13.1. The summed E-state index contributed by atoms with van der Waals surface area (Å²) in [5.41, 5.74) is 0. The minimum atomic E-state index is 0.223. The van der Waals surface area contributed by atoms with Crippen molar-refractivity contribution in [3.8, 4) is 0 Å². The van der Waals surface area contributed by atoms with Gasteiger partial charge >= 0.3 is 0 Å². The Balaban J connectivity index is 3.37. The lowest BCUT2D eigenvalue weighted by Gasteiger charge is -2.12. The molecule has 0 aliphatic heterocycles. The standard InChI is InChI=1S/C15H31NO/c1-5-6-10-15(17)16-12-11-14(4)9-7-8-13(2)3/h13-14H,5-12H2,1-4H3,(H,16,17). The first-order chi connectivity index (χ1) is 8.06. The van der Waals surface area contributed by atoms with Crippen molar-refractivity contribution in [3.63, 3.8) is 0 Å². The van der Waals surface area contributed by atoms with Gasteiger partial charge in [0, 0.05) is 13.0 Å². The molecule has 0 saturated carbocycles. The summed E-state index contributed by atoms with van der Waals surface area (Å²) in [5.74, 6) is 1.78. The van der Waals surface area contributed by atoms with Crippen LogP contribution in [0.4, 0.5) is 0 Å². The summed E-state index contributed by atoms with van der Waals surface area (Å²) in [6.07, 6.45) is 7.86. The predicted octanol–water partition coefficient (Wildman–Crippen LogP) is 4.15. The van der Waals surface area contributed by atoms with Crippen molar-refractivity contribution in [2.75, 3.05) is 6.54 Å². The van der Waals surface area contributed by atoms with Crippen LogP contribution < -0.4 is 5.32 Å². The second-order valence-electron chi connectivity index (χ2n) is 5.67. The SMILES string of the molecule is CCCCC(=O)NCCC(C)CCCC(C)C. The summed E-state index contributed by atoms with van der Waals surface area (Å²) >= 11 is 0. The lowest BCUT2D eigenvalue weighted by atomic mass is 9.97. The van der Waals surface area contributed by atoms with E-state index in [9.17, 15) is 4.79 Å². The van der Waals surface area contributed by atoms with E-state index in [0.717, 1.165) is 37.6 Å². The summed E-state index contributed by atoms with van der Waals surface area (Å²) in [7, 11) is 0. The van der Waals surface area contributed by atoms with Crippen molar-refractivity contribution in [1.29, 1.82) is 0 Å². The average Bonchev–Trinajstić information content (AvgIpc) is 2.25. The van der Waals surface area contributed by atoms with E-state index in [2.05, 4.69) is 33.0 Å². The Morgan fingerprint density at radius 1 is 1.06 bits per heavy atom. The molecule has 0 aromatic rings. The molecule has 0 bridgehead atoms. The van der Waals surface area contributed by atoms with Gasteiger partial charge in [-0.2, -0.15) is 0 Å². The molecule has 102 valence electrons. The highest BCUT2D eigenvalue weighted by Gasteiger charge is 2.04. The average molecular weight is 241 g/mol. The highest BCUT2D eigenvalue weighted by Crippen LogP contribution is 2.14. The van der Waals surface area contributed by atoms with E-state index in [1.54, 1.807) is 0 Å². The van der Waals surface area contributed by atoms with E-state index >= 15 is 0 Å². The van der Waals surface area contributed by atoms with E-state index in [4.69, 9.17) is 0 Å². The predicted molar refractivity (Wildman–Crippen MR) is 75.0 cm³/mol. The molecule has 0 radical (unpaired) electrons. The molecule has 0 fully saturated rings. The van der Waals surface area contributed by atoms with Gasteiger partial charge in [-0.1, -0.05) is 53.4 Å². The molecule has 2 nitrogen and oxygen atoms in total. The lowest BCUT2D eigenvalue weighted by Crippen LogP contribution is -2.25. The van der Waals surface area contributed by atoms with E-state index in [0.29, 0.717) is 6.42 Å². The van der Waals surface area contributed by atoms with Gasteiger partial charge in [0.15, 0.2) is 0 Å². The van der Waals surface area contributed by atoms with Crippen molar-refractivity contribution >= 4 is 5.91 Å². The zero-order valence-electron chi connectivity index (χ0n) is 12.2. The third kappa shape index (κ3) is 11.7. The fourth-order valence-electron chi connectivity index (χ4n) is 1.90. The molecule has 0 aliphatic rings. The second-order valence-corrected chi connectivity index (χ2v) is 5.67. The zero-order valence-corrected chi connectivity index (χ0v) is 12.2. The monoisotopic (exact) mass is 241 g/mol. The maximum atomic E-state index is 11.4. The first kappa shape index (κ1) is 16.5. The molecule has 0 rings (SSSR count). The van der Waals surface area contributed by atoms with Gasteiger partial charge in [0.2, 0.25) is 5.91 Å². The van der Waals surface area contributed by atoms with Crippen molar-refractivity contribution in [2.45, 2.75) is 72.6 Å². The van der Waals surface area contributed by atoms with Crippen LogP contribution in [0.3, 0.4) is 0 Å². The lowest BCUT2D eigenvalue weighted by molar-refractivity contribution is -0.121. The van der Waals surface area contributed by atoms with Crippen LogP contribution in [0.2, 0.25) is 0 Å². The number of carbonyl (C=O) groups is 1. The summed E-state index contributed by atoms with van der Waals surface area (Å²) in [5, 5.41) is 3.01. The van der Waals surface area contributed by atoms with Crippen LogP contribution in [0.15, 0.2) is 0 Å². The minimum absolute atomic E-state index is 0.223. The molecule has 0 spiro atoms. The number of unbranched alkanes of at least 4 members (excludes halogenated alkanes) is 1. The molecule has 1 atom stereocenters. The first-order valence-electron chi connectivity index (χ1n) is 7.33. The summed E-state index contributed by atoms with van der Waals surface area (Å²) in [6.45, 7) is 9.81. The Labute approximate surface area is 108 Å². The fourth-order valence-corrected chi connectivity index (χ4v) is 1.90. The van der Waals surface area contributed by atoms with Crippen molar-refractivity contribution < 1.29 is 4.79 Å². The number of carbonyl (C=O) groups excluding carboxylic acids is 1. The molecule has 1 amide bonds. The fraction of sp³-hybridized carbons (Fsp3) is 0.933. The molecule has 0 aliphatic carbocycles. The summed E-state index contributed by atoms with van der Waals surface area (Å²) in [6, 6.07) is 0. The number of amides is 1. The van der Waals surface area contributed by atoms with Gasteiger partial charge in [0.1, 0.15) is 0 Å². The number of hydrogen-bond acceptors (Lipinski definition) is 1. The van der Waals surface area contributed by atoms with Crippen LogP contribution in [0, 0.1) is 11.8 Å². The normalized spacial score (nSPS) is 12.8. The van der Waals surface area contributed by atoms with E-state index < -0.39 is 0 Å². The van der Waals surface area contributed by atoms with Crippen molar-refractivity contribution in [2.24, 2.45) is 11.8 Å². The largest absolute Gasteiger partial charge is 0.356 e. The Morgan fingerprint density at radius 3 is 2.35 bits per heavy atom. The maximum Gasteiger partial charge on any atom is 0.219 e. The van der Waals surface area contributed by atoms with Crippen LogP contribution in [0.1, 0.15) is 72.6 Å². The van der Waals surface area contributed by atoms with Gasteiger partial charge in [-0.15, -0.1) is 0 Å². The Hall–Kier alpha value is -0.530. The Morgan fingerprint density at radius 2 is 1.76 bits per heavy atom. The highest BCUT2D eigenvalue weighted by atomic mass is 16.1. The first-order valence-corrected chi connectivity index (χ1v) is 7.33. The Kier molecular flexibility index (Phi) is 10.3. The van der Waals surface area contributed by atoms with Gasteiger partial charge in [-0.3, -0.25) is 4.79 Å². The van der Waals surface area contributed by atoms with Crippen LogP contribution in [-0.2, 0) is 4.79 Å². The van der Waals surface area contributed by atoms with Gasteiger partial charge < -0.3 is 5.32 Å². The number of hydrogen-bond donors (Lipinski definition) is 1. The van der Waals surface area contributed by atoms with Gasteiger partial charge in [0.05, 0.1) is 0 Å². The molecule has 0 heterocycles. The molecule has 2 heteroatoms. The molecule has 0 aromatic carbocycles. The van der Waals surface area contributed by atoms with Gasteiger partial charge in [-0.05, 0) is 24.7 Å². The van der Waals surface area contributed by atoms with Crippen LogP contribution in [-0.4, -0.2) is 12.5 Å². The van der Waals surface area contributed by atoms with Gasteiger partial charge in [-0.25, -0.2) is 0 Å². The highest BCUT2D eigenvalue weighted by molar-refractivity contribution is 5.75. The molecule has 0 aromatic heterocycles. The topological polar surface area (TPSA) is 29.1 Å². The third-order valence-electron chi connectivity index (χ3n) is 3.20. The van der Waals surface area contributed by atoms with Crippen LogP contribution in [0.25, 0.3) is 0 Å². The summed E-state index contributed by atoms with van der Waals surface area (Å²) in [4.78, 5) is 11.4. The Bertz CT molecular complexity index is 189. The van der Waals surface area contributed by atoms with Crippen molar-refractivity contribution in [3.05, 3.63) is 0 Å². The minimum Gasteiger partial charge on any atom is -0.356 e. The molecular formula is C15H31NO. The molecule has 1 N–H and O–H groups in total. The van der Waals surface area contributed by atoms with E-state index in [-0.39, 0.29) is 5.91 Å². The van der Waals surface area contributed by atoms with E-state index in [1.807, 2.05) is 0 Å². The molecule has 17 heavy (non-hydrogen) atoms. The molecule has 1 unspecified atom stereocenters. The van der Waals surface area contributed by atoms with Crippen LogP contribution in [0.5, 0.6) is 0 Å². The number of rotatable bonds is 10. The second kappa shape index (κ2) is 10.6. The number of nitrogens with one attached hydrogen (secondary N) is 1. The van der Waals surface area contributed by atoms with E-state index in [1.165, 1.54) is 19.3 Å². The van der Waals surface area contributed by atoms with Crippen LogP contribution >= 0.6 is 0 Å². The van der Waals surface area contributed by atoms with Crippen molar-refractivity contribution in [1.82, 2.24) is 5.32 Å². The third-order valence-corrected chi connectivity index (χ3v) is 3.20. The molecular weight excluding hydrogens is 210 g/mol. The molecule has 0 saturated heterocycles. The van der Waals surface area contributed by atoms with Gasteiger partial charge in [0.25, 0.3) is 0 Å². The quantitative estimate of drug-likeness (QED) is 0.612. The maximum absolute atomic E-state index is 11.4. The smallest absolute Gasteiger partial charge is 0.219 e.